The van der Waals surface area contributed by atoms with Crippen LogP contribution in [0.5, 0.6) is 0 Å². The number of anilines is 3. The van der Waals surface area contributed by atoms with Crippen LogP contribution in [0.25, 0.3) is 11.5 Å². The molecule has 0 radical (unpaired) electrons. The van der Waals surface area contributed by atoms with Gasteiger partial charge in [-0.3, -0.25) is 4.98 Å². The molecule has 0 saturated carbocycles. The van der Waals surface area contributed by atoms with Gasteiger partial charge in [0, 0.05) is 44.5 Å². The zero-order valence-electron chi connectivity index (χ0n) is 16.8. The molecule has 1 unspecified atom stereocenters. The summed E-state index contributed by atoms with van der Waals surface area (Å²) in [7, 11) is 1.78. The van der Waals surface area contributed by atoms with Crippen molar-refractivity contribution in [2.24, 2.45) is 0 Å². The smallest absolute Gasteiger partial charge is 0.373 e. The van der Waals surface area contributed by atoms with Crippen LogP contribution in [-0.2, 0) is 6.18 Å². The van der Waals surface area contributed by atoms with Crippen molar-refractivity contribution >= 4 is 17.5 Å². The fraction of sp³-hybridized carbons (Fsp3) is 0.350. The van der Waals surface area contributed by atoms with Crippen molar-refractivity contribution in [1.82, 2.24) is 24.9 Å². The van der Waals surface area contributed by atoms with Gasteiger partial charge in [0.05, 0.1) is 0 Å². The highest BCUT2D eigenvalue weighted by molar-refractivity contribution is 5.54. The molecule has 4 heterocycles. The molecular weight excluding hydrogens is 409 g/mol. The molecule has 0 aromatic carbocycles. The third-order valence-electron chi connectivity index (χ3n) is 5.01. The Morgan fingerprint density at radius 3 is 2.71 bits per heavy atom. The first-order valence-electron chi connectivity index (χ1n) is 9.82. The van der Waals surface area contributed by atoms with Gasteiger partial charge in [0.15, 0.2) is 11.5 Å². The standard InChI is InChI=1S/C20H21F3N8/c1-24-16-10-18(28-12-27-16)31-8-4-5-13(31)11-26-17-9-15(20(21,22)23)29-19(30-17)14-6-2-3-7-25-14/h2-3,6-7,9-10,12-13H,4-5,8,11H2,1H3,(H,24,27,28)(H,26,29,30). The molecule has 1 saturated heterocycles. The predicted octanol–water partition coefficient (Wildman–Crippen LogP) is 3.47. The van der Waals surface area contributed by atoms with Gasteiger partial charge >= 0.3 is 6.18 Å². The number of halogens is 3. The summed E-state index contributed by atoms with van der Waals surface area (Å²) in [5.41, 5.74) is -0.733. The zero-order valence-corrected chi connectivity index (χ0v) is 16.8. The fourth-order valence-electron chi connectivity index (χ4n) is 3.51. The second kappa shape index (κ2) is 8.70. The van der Waals surface area contributed by atoms with Crippen LogP contribution in [0, 0.1) is 0 Å². The number of nitrogens with zero attached hydrogens (tertiary/aromatic N) is 6. The molecule has 4 rings (SSSR count). The Morgan fingerprint density at radius 1 is 1.10 bits per heavy atom. The minimum atomic E-state index is -4.59. The zero-order chi connectivity index (χ0) is 21.8. The average Bonchev–Trinajstić information content (AvgIpc) is 3.26. The third kappa shape index (κ3) is 4.81. The summed E-state index contributed by atoms with van der Waals surface area (Å²) in [6, 6.07) is 7.77. The summed E-state index contributed by atoms with van der Waals surface area (Å²) in [6.07, 6.45) is 0.234. The van der Waals surface area contributed by atoms with Crippen LogP contribution in [0.1, 0.15) is 18.5 Å². The summed E-state index contributed by atoms with van der Waals surface area (Å²) < 4.78 is 40.2. The number of aromatic nitrogens is 5. The van der Waals surface area contributed by atoms with Crippen molar-refractivity contribution in [3.8, 4) is 11.5 Å². The number of hydrogen-bond donors (Lipinski definition) is 2. The van der Waals surface area contributed by atoms with Crippen LogP contribution in [0.2, 0.25) is 0 Å². The highest BCUT2D eigenvalue weighted by Crippen LogP contribution is 2.31. The van der Waals surface area contributed by atoms with Crippen molar-refractivity contribution in [2.75, 3.05) is 35.7 Å². The van der Waals surface area contributed by atoms with Gasteiger partial charge in [-0.2, -0.15) is 13.2 Å². The van der Waals surface area contributed by atoms with Crippen molar-refractivity contribution in [1.29, 1.82) is 0 Å². The number of pyridine rings is 1. The molecule has 2 N–H and O–H groups in total. The normalized spacial score (nSPS) is 16.4. The summed E-state index contributed by atoms with van der Waals surface area (Å²) in [6.45, 7) is 1.22. The van der Waals surface area contributed by atoms with Gasteiger partial charge in [-0.25, -0.2) is 19.9 Å². The van der Waals surface area contributed by atoms with E-state index in [2.05, 4.69) is 40.5 Å². The molecule has 0 amide bonds. The number of rotatable bonds is 6. The second-order valence-corrected chi connectivity index (χ2v) is 7.06. The van der Waals surface area contributed by atoms with E-state index in [1.165, 1.54) is 12.5 Å². The van der Waals surface area contributed by atoms with Crippen molar-refractivity contribution < 1.29 is 13.2 Å². The lowest BCUT2D eigenvalue weighted by Gasteiger charge is -2.26. The topological polar surface area (TPSA) is 91.8 Å². The van der Waals surface area contributed by atoms with Gasteiger partial charge < -0.3 is 15.5 Å². The molecule has 3 aromatic rings. The second-order valence-electron chi connectivity index (χ2n) is 7.06. The molecule has 1 fully saturated rings. The highest BCUT2D eigenvalue weighted by atomic mass is 19.4. The first kappa shape index (κ1) is 20.8. The Labute approximate surface area is 177 Å². The summed E-state index contributed by atoms with van der Waals surface area (Å²) in [5.74, 6) is 1.51. The molecule has 3 aromatic heterocycles. The lowest BCUT2D eigenvalue weighted by Crippen LogP contribution is -2.35. The Kier molecular flexibility index (Phi) is 5.83. The molecule has 1 aliphatic heterocycles. The largest absolute Gasteiger partial charge is 0.433 e. The van der Waals surface area contributed by atoms with E-state index in [0.29, 0.717) is 12.4 Å². The molecule has 0 aliphatic carbocycles. The Morgan fingerprint density at radius 2 is 1.97 bits per heavy atom. The van der Waals surface area contributed by atoms with E-state index in [1.54, 1.807) is 25.2 Å². The SMILES string of the molecule is CNc1cc(N2CCCC2CNc2cc(C(F)(F)F)nc(-c3ccccn3)n2)ncn1. The Bertz CT molecular complexity index is 1030. The molecule has 1 aliphatic rings. The quantitative estimate of drug-likeness (QED) is 0.614. The molecule has 0 bridgehead atoms. The van der Waals surface area contributed by atoms with E-state index in [9.17, 15) is 13.2 Å². The van der Waals surface area contributed by atoms with Crippen molar-refractivity contribution in [2.45, 2.75) is 25.1 Å². The van der Waals surface area contributed by atoms with E-state index in [0.717, 1.165) is 31.3 Å². The van der Waals surface area contributed by atoms with Gasteiger partial charge in [0.25, 0.3) is 0 Å². The van der Waals surface area contributed by atoms with E-state index < -0.39 is 11.9 Å². The first-order chi connectivity index (χ1) is 14.9. The molecule has 1 atom stereocenters. The minimum Gasteiger partial charge on any atom is -0.373 e. The molecular formula is C20H21F3N8. The minimum absolute atomic E-state index is 0.0576. The lowest BCUT2D eigenvalue weighted by molar-refractivity contribution is -0.141. The number of alkyl halides is 3. The maximum absolute atomic E-state index is 13.4. The molecule has 31 heavy (non-hydrogen) atoms. The third-order valence-corrected chi connectivity index (χ3v) is 5.01. The summed E-state index contributed by atoms with van der Waals surface area (Å²) >= 11 is 0. The van der Waals surface area contributed by atoms with E-state index in [-0.39, 0.29) is 23.4 Å². The van der Waals surface area contributed by atoms with Crippen molar-refractivity contribution in [3.63, 3.8) is 0 Å². The van der Waals surface area contributed by atoms with Crippen LogP contribution >= 0.6 is 0 Å². The fourth-order valence-corrected chi connectivity index (χ4v) is 3.51. The Hall–Kier alpha value is -3.50. The maximum Gasteiger partial charge on any atom is 0.433 e. The van der Waals surface area contributed by atoms with E-state index in [1.807, 2.05) is 6.07 Å². The summed E-state index contributed by atoms with van der Waals surface area (Å²) in [5, 5.41) is 6.04. The average molecular weight is 430 g/mol. The molecule has 0 spiro atoms. The van der Waals surface area contributed by atoms with Gasteiger partial charge in [0.2, 0.25) is 0 Å². The van der Waals surface area contributed by atoms with Gasteiger partial charge in [-0.15, -0.1) is 0 Å². The van der Waals surface area contributed by atoms with E-state index in [4.69, 9.17) is 0 Å². The number of nitrogens with one attached hydrogen (secondary N) is 2. The summed E-state index contributed by atoms with van der Waals surface area (Å²) in [4.78, 5) is 22.6. The number of hydrogen-bond acceptors (Lipinski definition) is 8. The molecule has 8 nitrogen and oxygen atoms in total. The maximum atomic E-state index is 13.4. The van der Waals surface area contributed by atoms with Gasteiger partial charge in [0.1, 0.15) is 29.5 Å². The van der Waals surface area contributed by atoms with Crippen LogP contribution in [0.4, 0.5) is 30.6 Å². The van der Waals surface area contributed by atoms with E-state index >= 15 is 0 Å². The first-order valence-corrected chi connectivity index (χ1v) is 9.82. The lowest BCUT2D eigenvalue weighted by atomic mass is 10.2. The van der Waals surface area contributed by atoms with Crippen LogP contribution in [-0.4, -0.2) is 51.1 Å². The molecule has 162 valence electrons. The van der Waals surface area contributed by atoms with Crippen LogP contribution in [0.3, 0.4) is 0 Å². The Balaban J connectivity index is 1.56. The van der Waals surface area contributed by atoms with Crippen LogP contribution < -0.4 is 15.5 Å². The van der Waals surface area contributed by atoms with Gasteiger partial charge in [-0.1, -0.05) is 6.07 Å². The highest BCUT2D eigenvalue weighted by Gasteiger charge is 2.34. The molecule has 11 heteroatoms. The predicted molar refractivity (Wildman–Crippen MR) is 111 cm³/mol. The van der Waals surface area contributed by atoms with Crippen molar-refractivity contribution in [3.05, 3.63) is 48.5 Å². The van der Waals surface area contributed by atoms with Crippen LogP contribution in [0.15, 0.2) is 42.9 Å². The van der Waals surface area contributed by atoms with Gasteiger partial charge in [-0.05, 0) is 25.0 Å². The monoisotopic (exact) mass is 430 g/mol.